The molecule has 0 radical (unpaired) electrons. The van der Waals surface area contributed by atoms with Gasteiger partial charge in [-0.3, -0.25) is 10.8 Å². The fraction of sp³-hybridized carbons (Fsp3) is 0.118. The molecule has 3 N–H and O–H groups in total. The second-order valence-corrected chi connectivity index (χ2v) is 5.86. The van der Waals surface area contributed by atoms with E-state index in [1.54, 1.807) is 0 Å². The lowest BCUT2D eigenvalue weighted by molar-refractivity contribution is 0.635. The maximum atomic E-state index is 5.85. The van der Waals surface area contributed by atoms with Crippen molar-refractivity contribution in [2.45, 2.75) is 13.0 Å². The van der Waals surface area contributed by atoms with Crippen LogP contribution in [0.1, 0.15) is 22.7 Å². The number of aromatic nitrogens is 1. The Morgan fingerprint density at radius 1 is 1.05 bits per heavy atom. The molecule has 0 saturated heterocycles. The van der Waals surface area contributed by atoms with Crippen LogP contribution in [0.5, 0.6) is 0 Å². The van der Waals surface area contributed by atoms with Gasteiger partial charge < -0.3 is 0 Å². The molecule has 3 aromatic rings. The Hall–Kier alpha value is -1.75. The summed E-state index contributed by atoms with van der Waals surface area (Å²) in [5.41, 5.74) is 6.33. The Morgan fingerprint density at radius 2 is 1.86 bits per heavy atom. The van der Waals surface area contributed by atoms with Gasteiger partial charge in [0.2, 0.25) is 0 Å². The zero-order chi connectivity index (χ0) is 14.8. The SMILES string of the molecule is Cc1c(Br)cccc1C(NN)c1cncc2ccccc12. The van der Waals surface area contributed by atoms with Crippen molar-refractivity contribution in [2.24, 2.45) is 5.84 Å². The lowest BCUT2D eigenvalue weighted by Gasteiger charge is -2.21. The van der Waals surface area contributed by atoms with Crippen LogP contribution in [0.2, 0.25) is 0 Å². The van der Waals surface area contributed by atoms with Crippen LogP contribution >= 0.6 is 15.9 Å². The summed E-state index contributed by atoms with van der Waals surface area (Å²) in [5.74, 6) is 5.85. The van der Waals surface area contributed by atoms with Gasteiger partial charge in [0.15, 0.2) is 0 Å². The Labute approximate surface area is 132 Å². The van der Waals surface area contributed by atoms with Crippen LogP contribution in [0.15, 0.2) is 59.3 Å². The number of fused-ring (bicyclic) bond motifs is 1. The van der Waals surface area contributed by atoms with E-state index in [-0.39, 0.29) is 6.04 Å². The molecule has 0 aliphatic heterocycles. The van der Waals surface area contributed by atoms with Crippen molar-refractivity contribution < 1.29 is 0 Å². The molecular formula is C17H16BrN3. The Morgan fingerprint density at radius 3 is 2.67 bits per heavy atom. The number of hydrogen-bond acceptors (Lipinski definition) is 3. The van der Waals surface area contributed by atoms with Gasteiger partial charge in [-0.2, -0.15) is 0 Å². The largest absolute Gasteiger partial charge is 0.271 e. The second-order valence-electron chi connectivity index (χ2n) is 5.00. The summed E-state index contributed by atoms with van der Waals surface area (Å²) in [6, 6.07) is 14.3. The van der Waals surface area contributed by atoms with Crippen molar-refractivity contribution in [3.05, 3.63) is 76.0 Å². The van der Waals surface area contributed by atoms with E-state index in [4.69, 9.17) is 5.84 Å². The monoisotopic (exact) mass is 341 g/mol. The molecule has 2 aromatic carbocycles. The quantitative estimate of drug-likeness (QED) is 0.561. The molecule has 0 fully saturated rings. The summed E-state index contributed by atoms with van der Waals surface area (Å²) in [4.78, 5) is 4.35. The zero-order valence-corrected chi connectivity index (χ0v) is 13.3. The molecule has 1 aromatic heterocycles. The molecule has 0 bridgehead atoms. The third kappa shape index (κ3) is 2.58. The van der Waals surface area contributed by atoms with Crippen LogP contribution in [0.25, 0.3) is 10.8 Å². The van der Waals surface area contributed by atoms with E-state index in [0.29, 0.717) is 0 Å². The molecule has 21 heavy (non-hydrogen) atoms. The maximum absolute atomic E-state index is 5.85. The van der Waals surface area contributed by atoms with Crippen molar-refractivity contribution >= 4 is 26.7 Å². The van der Waals surface area contributed by atoms with Gasteiger partial charge in [-0.1, -0.05) is 52.3 Å². The van der Waals surface area contributed by atoms with Crippen LogP contribution in [0, 0.1) is 6.92 Å². The van der Waals surface area contributed by atoms with E-state index in [9.17, 15) is 0 Å². The van der Waals surface area contributed by atoms with Crippen molar-refractivity contribution in [1.82, 2.24) is 10.4 Å². The number of halogens is 1. The minimum atomic E-state index is -0.0962. The third-order valence-corrected chi connectivity index (χ3v) is 4.66. The first-order chi connectivity index (χ1) is 10.2. The van der Waals surface area contributed by atoms with Crippen molar-refractivity contribution in [3.8, 4) is 0 Å². The van der Waals surface area contributed by atoms with Crippen molar-refractivity contribution in [3.63, 3.8) is 0 Å². The van der Waals surface area contributed by atoms with E-state index < -0.39 is 0 Å². The van der Waals surface area contributed by atoms with E-state index in [1.807, 2.05) is 36.7 Å². The molecule has 0 saturated carbocycles. The third-order valence-electron chi connectivity index (χ3n) is 3.80. The summed E-state index contributed by atoms with van der Waals surface area (Å²) in [6.07, 6.45) is 3.76. The molecule has 106 valence electrons. The van der Waals surface area contributed by atoms with Crippen LogP contribution in [0.4, 0.5) is 0 Å². The maximum Gasteiger partial charge on any atom is 0.0734 e. The average Bonchev–Trinajstić information content (AvgIpc) is 2.52. The van der Waals surface area contributed by atoms with Gasteiger partial charge in [0.05, 0.1) is 6.04 Å². The minimum absolute atomic E-state index is 0.0962. The number of benzene rings is 2. The fourth-order valence-corrected chi connectivity index (χ4v) is 3.04. The molecule has 1 atom stereocenters. The molecule has 1 unspecified atom stereocenters. The summed E-state index contributed by atoms with van der Waals surface area (Å²) >= 11 is 3.58. The Kier molecular flexibility index (Phi) is 4.01. The lowest BCUT2D eigenvalue weighted by atomic mass is 9.93. The predicted octanol–water partition coefficient (Wildman–Crippen LogP) is 3.86. The number of nitrogens with one attached hydrogen (secondary N) is 1. The smallest absolute Gasteiger partial charge is 0.0734 e. The first-order valence-corrected chi connectivity index (χ1v) is 7.55. The first kappa shape index (κ1) is 14.2. The van der Waals surface area contributed by atoms with Gasteiger partial charge in [-0.25, -0.2) is 5.43 Å². The van der Waals surface area contributed by atoms with Gasteiger partial charge in [0, 0.05) is 27.8 Å². The van der Waals surface area contributed by atoms with E-state index >= 15 is 0 Å². The molecule has 0 spiro atoms. The first-order valence-electron chi connectivity index (χ1n) is 6.76. The summed E-state index contributed by atoms with van der Waals surface area (Å²) < 4.78 is 1.08. The van der Waals surface area contributed by atoms with Gasteiger partial charge in [0.25, 0.3) is 0 Å². The number of rotatable bonds is 3. The average molecular weight is 342 g/mol. The molecule has 1 heterocycles. The summed E-state index contributed by atoms with van der Waals surface area (Å²) in [5, 5.41) is 2.28. The summed E-state index contributed by atoms with van der Waals surface area (Å²) in [7, 11) is 0. The van der Waals surface area contributed by atoms with Crippen LogP contribution in [-0.4, -0.2) is 4.98 Å². The highest BCUT2D eigenvalue weighted by molar-refractivity contribution is 9.10. The molecule has 3 rings (SSSR count). The number of nitrogens with zero attached hydrogens (tertiary/aromatic N) is 1. The molecular weight excluding hydrogens is 326 g/mol. The van der Waals surface area contributed by atoms with Crippen molar-refractivity contribution in [1.29, 1.82) is 0 Å². The molecule has 4 heteroatoms. The fourth-order valence-electron chi connectivity index (χ4n) is 2.65. The highest BCUT2D eigenvalue weighted by Gasteiger charge is 2.18. The number of hydrazine groups is 1. The molecule has 0 amide bonds. The van der Waals surface area contributed by atoms with E-state index in [0.717, 1.165) is 26.4 Å². The van der Waals surface area contributed by atoms with Crippen LogP contribution in [-0.2, 0) is 0 Å². The molecule has 0 aliphatic rings. The highest BCUT2D eigenvalue weighted by Crippen LogP contribution is 2.31. The van der Waals surface area contributed by atoms with Crippen LogP contribution in [0.3, 0.4) is 0 Å². The Bertz CT molecular complexity index is 781. The zero-order valence-electron chi connectivity index (χ0n) is 11.7. The second kappa shape index (κ2) is 5.93. The normalized spacial score (nSPS) is 12.5. The number of pyridine rings is 1. The van der Waals surface area contributed by atoms with E-state index in [1.165, 1.54) is 5.56 Å². The van der Waals surface area contributed by atoms with Gasteiger partial charge >= 0.3 is 0 Å². The number of hydrogen-bond donors (Lipinski definition) is 2. The van der Waals surface area contributed by atoms with Gasteiger partial charge in [-0.15, -0.1) is 0 Å². The predicted molar refractivity (Wildman–Crippen MR) is 89.8 cm³/mol. The number of nitrogens with two attached hydrogens (primary N) is 1. The van der Waals surface area contributed by atoms with Crippen molar-refractivity contribution in [2.75, 3.05) is 0 Å². The van der Waals surface area contributed by atoms with Gasteiger partial charge in [0.1, 0.15) is 0 Å². The van der Waals surface area contributed by atoms with Crippen LogP contribution < -0.4 is 11.3 Å². The van der Waals surface area contributed by atoms with E-state index in [2.05, 4.69) is 51.5 Å². The minimum Gasteiger partial charge on any atom is -0.271 e. The Balaban J connectivity index is 2.21. The standard InChI is InChI=1S/C17H16BrN3/c1-11-13(7-4-8-16(11)18)17(21-19)15-10-20-9-12-5-2-3-6-14(12)15/h2-10,17,21H,19H2,1H3. The lowest BCUT2D eigenvalue weighted by Crippen LogP contribution is -2.29. The molecule has 0 aliphatic carbocycles. The molecule has 3 nitrogen and oxygen atoms in total. The van der Waals surface area contributed by atoms with Gasteiger partial charge in [-0.05, 0) is 29.5 Å². The summed E-state index contributed by atoms with van der Waals surface area (Å²) in [6.45, 7) is 2.09. The highest BCUT2D eigenvalue weighted by atomic mass is 79.9. The topological polar surface area (TPSA) is 50.9 Å².